The second-order valence-electron chi connectivity index (χ2n) is 4.50. The summed E-state index contributed by atoms with van der Waals surface area (Å²) in [5.41, 5.74) is 1.04. The zero-order valence-corrected chi connectivity index (χ0v) is 10.9. The first-order valence-corrected chi connectivity index (χ1v) is 6.16. The molecule has 4 heteroatoms. The summed E-state index contributed by atoms with van der Waals surface area (Å²) in [7, 11) is 3.20. The van der Waals surface area contributed by atoms with E-state index in [9.17, 15) is 4.79 Å². The van der Waals surface area contributed by atoms with Gasteiger partial charge in [-0.15, -0.1) is 0 Å². The van der Waals surface area contributed by atoms with Crippen LogP contribution in [0.3, 0.4) is 0 Å². The Hall–Kier alpha value is -1.55. The molecule has 98 valence electrons. The summed E-state index contributed by atoms with van der Waals surface area (Å²) in [5, 5.41) is 0. The zero-order chi connectivity index (χ0) is 13.0. The lowest BCUT2D eigenvalue weighted by Crippen LogP contribution is -2.35. The Kier molecular flexibility index (Phi) is 4.20. The summed E-state index contributed by atoms with van der Waals surface area (Å²) in [6.45, 7) is 0.739. The summed E-state index contributed by atoms with van der Waals surface area (Å²) < 4.78 is 10.3. The van der Waals surface area contributed by atoms with E-state index in [1.807, 2.05) is 29.2 Å². The van der Waals surface area contributed by atoms with Gasteiger partial charge in [0.05, 0.1) is 7.11 Å². The largest absolute Gasteiger partial charge is 0.496 e. The van der Waals surface area contributed by atoms with Gasteiger partial charge in [0.1, 0.15) is 12.4 Å². The standard InChI is InChI=1S/C14H19NO3/c1-17-10-14(16)15(12-7-8-12)9-11-5-3-4-6-13(11)18-2/h3-6,12H,7-10H2,1-2H3. The molecule has 1 saturated carbocycles. The molecular weight excluding hydrogens is 230 g/mol. The Morgan fingerprint density at radius 2 is 2.06 bits per heavy atom. The van der Waals surface area contributed by atoms with E-state index in [0.717, 1.165) is 24.2 Å². The number of carbonyl (C=O) groups excluding carboxylic acids is 1. The minimum absolute atomic E-state index is 0.0471. The van der Waals surface area contributed by atoms with Crippen molar-refractivity contribution < 1.29 is 14.3 Å². The van der Waals surface area contributed by atoms with Gasteiger partial charge < -0.3 is 14.4 Å². The average molecular weight is 249 g/mol. The Balaban J connectivity index is 2.10. The molecule has 1 aliphatic carbocycles. The fourth-order valence-corrected chi connectivity index (χ4v) is 2.03. The third kappa shape index (κ3) is 3.01. The summed E-state index contributed by atoms with van der Waals surface area (Å²) in [5.74, 6) is 0.874. The SMILES string of the molecule is COCC(=O)N(Cc1ccccc1OC)C1CC1. The number of amides is 1. The van der Waals surface area contributed by atoms with Crippen molar-refractivity contribution in [1.82, 2.24) is 4.90 Å². The van der Waals surface area contributed by atoms with Gasteiger partial charge >= 0.3 is 0 Å². The first kappa shape index (κ1) is 12.9. The molecule has 1 fully saturated rings. The molecule has 0 spiro atoms. The van der Waals surface area contributed by atoms with E-state index >= 15 is 0 Å². The molecular formula is C14H19NO3. The molecule has 0 N–H and O–H groups in total. The molecule has 0 radical (unpaired) electrons. The Labute approximate surface area is 107 Å². The van der Waals surface area contributed by atoms with Crippen molar-refractivity contribution in [3.8, 4) is 5.75 Å². The quantitative estimate of drug-likeness (QED) is 0.772. The van der Waals surface area contributed by atoms with Crippen LogP contribution in [-0.4, -0.2) is 37.7 Å². The van der Waals surface area contributed by atoms with Crippen molar-refractivity contribution >= 4 is 5.91 Å². The van der Waals surface area contributed by atoms with Crippen molar-refractivity contribution in [1.29, 1.82) is 0 Å². The molecule has 0 bridgehead atoms. The number of para-hydroxylation sites is 1. The highest BCUT2D eigenvalue weighted by Gasteiger charge is 2.32. The second kappa shape index (κ2) is 5.87. The number of hydrogen-bond donors (Lipinski definition) is 0. The third-order valence-electron chi connectivity index (χ3n) is 3.11. The maximum atomic E-state index is 12.0. The molecule has 1 amide bonds. The Morgan fingerprint density at radius 3 is 2.67 bits per heavy atom. The van der Waals surface area contributed by atoms with Crippen LogP contribution in [0.5, 0.6) is 5.75 Å². The van der Waals surface area contributed by atoms with Crippen LogP contribution in [0.15, 0.2) is 24.3 Å². The van der Waals surface area contributed by atoms with Crippen LogP contribution >= 0.6 is 0 Å². The first-order valence-electron chi connectivity index (χ1n) is 6.16. The van der Waals surface area contributed by atoms with Gasteiger partial charge in [0, 0.05) is 25.3 Å². The van der Waals surface area contributed by atoms with Gasteiger partial charge in [0.15, 0.2) is 0 Å². The molecule has 0 saturated heterocycles. The summed E-state index contributed by atoms with van der Waals surface area (Å²) >= 11 is 0. The van der Waals surface area contributed by atoms with Gasteiger partial charge in [0.2, 0.25) is 5.91 Å². The molecule has 1 aromatic rings. The minimum Gasteiger partial charge on any atom is -0.496 e. The fourth-order valence-electron chi connectivity index (χ4n) is 2.03. The van der Waals surface area contributed by atoms with Crippen LogP contribution in [0.4, 0.5) is 0 Å². The van der Waals surface area contributed by atoms with Crippen molar-refractivity contribution in [2.24, 2.45) is 0 Å². The maximum absolute atomic E-state index is 12.0. The van der Waals surface area contributed by atoms with Gasteiger partial charge in [-0.2, -0.15) is 0 Å². The molecule has 2 rings (SSSR count). The normalized spacial score (nSPS) is 14.3. The number of hydrogen-bond acceptors (Lipinski definition) is 3. The van der Waals surface area contributed by atoms with Gasteiger partial charge in [-0.25, -0.2) is 0 Å². The lowest BCUT2D eigenvalue weighted by molar-refractivity contribution is -0.136. The lowest BCUT2D eigenvalue weighted by atomic mass is 10.2. The van der Waals surface area contributed by atoms with E-state index in [4.69, 9.17) is 9.47 Å². The predicted octanol–water partition coefficient (Wildman–Crippen LogP) is 1.83. The Bertz CT molecular complexity index is 415. The highest BCUT2D eigenvalue weighted by molar-refractivity contribution is 5.78. The second-order valence-corrected chi connectivity index (χ2v) is 4.50. The van der Waals surface area contributed by atoms with Gasteiger partial charge in [-0.05, 0) is 18.9 Å². The molecule has 1 aliphatic rings. The fraction of sp³-hybridized carbons (Fsp3) is 0.500. The Morgan fingerprint density at radius 1 is 1.33 bits per heavy atom. The molecule has 0 unspecified atom stereocenters. The van der Waals surface area contributed by atoms with Gasteiger partial charge in [-0.3, -0.25) is 4.79 Å². The van der Waals surface area contributed by atoms with E-state index in [1.165, 1.54) is 0 Å². The number of methoxy groups -OCH3 is 2. The molecule has 0 aromatic heterocycles. The first-order chi connectivity index (χ1) is 8.76. The minimum atomic E-state index is 0.0471. The van der Waals surface area contributed by atoms with Crippen LogP contribution in [0.25, 0.3) is 0 Å². The maximum Gasteiger partial charge on any atom is 0.249 e. The van der Waals surface area contributed by atoms with Crippen LogP contribution in [0, 0.1) is 0 Å². The zero-order valence-electron chi connectivity index (χ0n) is 10.9. The van der Waals surface area contributed by atoms with E-state index in [1.54, 1.807) is 14.2 Å². The van der Waals surface area contributed by atoms with Crippen LogP contribution < -0.4 is 4.74 Å². The summed E-state index contributed by atoms with van der Waals surface area (Å²) in [4.78, 5) is 13.9. The van der Waals surface area contributed by atoms with Crippen LogP contribution in [0.1, 0.15) is 18.4 Å². The topological polar surface area (TPSA) is 38.8 Å². The molecule has 18 heavy (non-hydrogen) atoms. The monoisotopic (exact) mass is 249 g/mol. The lowest BCUT2D eigenvalue weighted by Gasteiger charge is -2.23. The van der Waals surface area contributed by atoms with E-state index in [-0.39, 0.29) is 12.5 Å². The van der Waals surface area contributed by atoms with E-state index < -0.39 is 0 Å². The summed E-state index contributed by atoms with van der Waals surface area (Å²) in [6.07, 6.45) is 2.18. The number of benzene rings is 1. The number of ether oxygens (including phenoxy) is 2. The highest BCUT2D eigenvalue weighted by atomic mass is 16.5. The summed E-state index contributed by atoms with van der Waals surface area (Å²) in [6, 6.07) is 8.18. The van der Waals surface area contributed by atoms with Gasteiger partial charge in [0.25, 0.3) is 0 Å². The van der Waals surface area contributed by atoms with Crippen molar-refractivity contribution in [2.75, 3.05) is 20.8 Å². The van der Waals surface area contributed by atoms with E-state index in [0.29, 0.717) is 12.6 Å². The molecule has 1 aromatic carbocycles. The van der Waals surface area contributed by atoms with Crippen molar-refractivity contribution in [3.05, 3.63) is 29.8 Å². The van der Waals surface area contributed by atoms with Crippen molar-refractivity contribution in [2.45, 2.75) is 25.4 Å². The van der Waals surface area contributed by atoms with Crippen LogP contribution in [-0.2, 0) is 16.1 Å². The number of rotatable bonds is 6. The average Bonchev–Trinajstić information content (AvgIpc) is 3.21. The third-order valence-corrected chi connectivity index (χ3v) is 3.11. The van der Waals surface area contributed by atoms with Crippen LogP contribution in [0.2, 0.25) is 0 Å². The van der Waals surface area contributed by atoms with Gasteiger partial charge in [-0.1, -0.05) is 18.2 Å². The predicted molar refractivity (Wildman–Crippen MR) is 68.4 cm³/mol. The number of carbonyl (C=O) groups is 1. The highest BCUT2D eigenvalue weighted by Crippen LogP contribution is 2.30. The molecule has 0 aliphatic heterocycles. The molecule has 0 atom stereocenters. The molecule has 4 nitrogen and oxygen atoms in total. The number of nitrogens with zero attached hydrogens (tertiary/aromatic N) is 1. The van der Waals surface area contributed by atoms with Crippen molar-refractivity contribution in [3.63, 3.8) is 0 Å². The smallest absolute Gasteiger partial charge is 0.249 e. The molecule has 0 heterocycles. The van der Waals surface area contributed by atoms with E-state index in [2.05, 4.69) is 0 Å².